The number of para-hydroxylation sites is 1. The number of aryl methyl sites for hydroxylation is 2. The minimum absolute atomic E-state index is 0.303. The minimum atomic E-state index is -1.14. The second-order valence-corrected chi connectivity index (χ2v) is 4.98. The molecule has 0 spiro atoms. The predicted molar refractivity (Wildman–Crippen MR) is 85.2 cm³/mol. The van der Waals surface area contributed by atoms with E-state index < -0.39 is 6.09 Å². The maximum Gasteiger partial charge on any atom is 0.409 e. The van der Waals surface area contributed by atoms with E-state index in [9.17, 15) is 4.79 Å². The second-order valence-electron chi connectivity index (χ2n) is 4.98. The number of amides is 1. The Balaban J connectivity index is 1.76. The summed E-state index contributed by atoms with van der Waals surface area (Å²) in [5.74, 6) is 0.895. The van der Waals surface area contributed by atoms with Crippen molar-refractivity contribution in [1.82, 2.24) is 10.1 Å². The van der Waals surface area contributed by atoms with Crippen LogP contribution in [0.2, 0.25) is 0 Å². The summed E-state index contributed by atoms with van der Waals surface area (Å²) >= 11 is 0. The van der Waals surface area contributed by atoms with Crippen LogP contribution in [0.1, 0.15) is 11.4 Å². The zero-order valence-electron chi connectivity index (χ0n) is 12.3. The van der Waals surface area contributed by atoms with Gasteiger partial charge in [-0.1, -0.05) is 47.6 Å². The van der Waals surface area contributed by atoms with Gasteiger partial charge in [0.25, 0.3) is 5.89 Å². The number of anilines is 1. The van der Waals surface area contributed by atoms with Crippen molar-refractivity contribution in [2.75, 3.05) is 5.32 Å². The fourth-order valence-electron chi connectivity index (χ4n) is 2.26. The summed E-state index contributed by atoms with van der Waals surface area (Å²) in [6.45, 7) is 0. The summed E-state index contributed by atoms with van der Waals surface area (Å²) in [5.41, 5.74) is 2.18. The molecule has 116 valence electrons. The van der Waals surface area contributed by atoms with E-state index >= 15 is 0 Å². The van der Waals surface area contributed by atoms with E-state index in [1.165, 1.54) is 5.56 Å². The van der Waals surface area contributed by atoms with Gasteiger partial charge in [0.05, 0.1) is 11.3 Å². The lowest BCUT2D eigenvalue weighted by Crippen LogP contribution is -2.08. The Labute approximate surface area is 132 Å². The standard InChI is InChI=1S/C17H15N3O3/c21-17(22)18-14-9-5-4-8-13(14)16-19-15(20-23-16)11-10-12-6-2-1-3-7-12/h1-9,18H,10-11H2,(H,21,22). The van der Waals surface area contributed by atoms with Crippen LogP contribution in [-0.4, -0.2) is 21.3 Å². The fourth-order valence-corrected chi connectivity index (χ4v) is 2.26. The molecule has 0 saturated heterocycles. The first-order valence-corrected chi connectivity index (χ1v) is 7.18. The highest BCUT2D eigenvalue weighted by atomic mass is 16.5. The van der Waals surface area contributed by atoms with E-state index in [1.54, 1.807) is 24.3 Å². The van der Waals surface area contributed by atoms with Gasteiger partial charge in [-0.05, 0) is 24.1 Å². The molecule has 3 rings (SSSR count). The van der Waals surface area contributed by atoms with Crippen molar-refractivity contribution < 1.29 is 14.4 Å². The molecule has 2 aromatic carbocycles. The summed E-state index contributed by atoms with van der Waals surface area (Å²) < 4.78 is 5.27. The van der Waals surface area contributed by atoms with Crippen molar-refractivity contribution in [2.24, 2.45) is 0 Å². The third-order valence-electron chi connectivity index (χ3n) is 3.35. The molecular formula is C17H15N3O3. The molecule has 6 nitrogen and oxygen atoms in total. The van der Waals surface area contributed by atoms with Crippen LogP contribution >= 0.6 is 0 Å². The Morgan fingerprint density at radius 2 is 1.78 bits per heavy atom. The van der Waals surface area contributed by atoms with Crippen LogP contribution in [-0.2, 0) is 12.8 Å². The predicted octanol–water partition coefficient (Wildman–Crippen LogP) is 3.61. The number of carbonyl (C=O) groups is 1. The summed E-state index contributed by atoms with van der Waals surface area (Å²) in [5, 5.41) is 15.2. The zero-order valence-corrected chi connectivity index (χ0v) is 12.3. The smallest absolute Gasteiger partial charge is 0.409 e. The SMILES string of the molecule is O=C(O)Nc1ccccc1-c1nc(CCc2ccccc2)no1. The van der Waals surface area contributed by atoms with Gasteiger partial charge >= 0.3 is 6.09 Å². The Morgan fingerprint density at radius 3 is 2.57 bits per heavy atom. The van der Waals surface area contributed by atoms with Gasteiger partial charge in [-0.2, -0.15) is 4.98 Å². The van der Waals surface area contributed by atoms with Gasteiger partial charge in [-0.3, -0.25) is 5.32 Å². The highest BCUT2D eigenvalue weighted by molar-refractivity contribution is 5.88. The van der Waals surface area contributed by atoms with Crippen LogP contribution in [0.4, 0.5) is 10.5 Å². The number of nitrogens with zero attached hydrogens (tertiary/aromatic N) is 2. The number of carboxylic acid groups (broad SMARTS) is 1. The van der Waals surface area contributed by atoms with Crippen molar-refractivity contribution in [3.63, 3.8) is 0 Å². The average molecular weight is 309 g/mol. The first-order valence-electron chi connectivity index (χ1n) is 7.18. The molecule has 1 heterocycles. The van der Waals surface area contributed by atoms with Crippen LogP contribution in [0.3, 0.4) is 0 Å². The lowest BCUT2D eigenvalue weighted by molar-refractivity contribution is 0.210. The number of aromatic nitrogens is 2. The van der Waals surface area contributed by atoms with Gasteiger partial charge in [0, 0.05) is 6.42 Å². The molecule has 3 aromatic rings. The van der Waals surface area contributed by atoms with E-state index in [0.717, 1.165) is 6.42 Å². The fraction of sp³-hybridized carbons (Fsp3) is 0.118. The zero-order chi connectivity index (χ0) is 16.1. The van der Waals surface area contributed by atoms with Gasteiger partial charge in [0.15, 0.2) is 5.82 Å². The molecule has 0 saturated carbocycles. The largest absolute Gasteiger partial charge is 0.465 e. The van der Waals surface area contributed by atoms with Crippen LogP contribution in [0, 0.1) is 0 Å². The molecule has 0 fully saturated rings. The first kappa shape index (κ1) is 14.8. The van der Waals surface area contributed by atoms with Crippen LogP contribution < -0.4 is 5.32 Å². The first-order chi connectivity index (χ1) is 11.2. The molecule has 0 unspecified atom stereocenters. The van der Waals surface area contributed by atoms with Crippen molar-refractivity contribution in [3.05, 3.63) is 66.0 Å². The van der Waals surface area contributed by atoms with Gasteiger partial charge in [-0.15, -0.1) is 0 Å². The average Bonchev–Trinajstić information content (AvgIpc) is 3.03. The highest BCUT2D eigenvalue weighted by Gasteiger charge is 2.14. The molecular weight excluding hydrogens is 294 g/mol. The molecule has 23 heavy (non-hydrogen) atoms. The highest BCUT2D eigenvalue weighted by Crippen LogP contribution is 2.26. The van der Waals surface area contributed by atoms with Crippen molar-refractivity contribution in [2.45, 2.75) is 12.8 Å². The summed E-state index contributed by atoms with van der Waals surface area (Å²) in [6, 6.07) is 17.0. The molecule has 0 aliphatic carbocycles. The lowest BCUT2D eigenvalue weighted by atomic mass is 10.1. The Bertz CT molecular complexity index is 800. The maximum atomic E-state index is 10.8. The monoisotopic (exact) mass is 309 g/mol. The molecule has 2 N–H and O–H groups in total. The van der Waals surface area contributed by atoms with E-state index in [-0.39, 0.29) is 0 Å². The molecule has 0 bridgehead atoms. The third-order valence-corrected chi connectivity index (χ3v) is 3.35. The third kappa shape index (κ3) is 3.74. The van der Waals surface area contributed by atoms with Crippen LogP contribution in [0.15, 0.2) is 59.1 Å². The molecule has 1 aromatic heterocycles. The molecule has 0 aliphatic rings. The topological polar surface area (TPSA) is 88.2 Å². The second kappa shape index (κ2) is 6.74. The molecule has 0 atom stereocenters. The molecule has 0 aliphatic heterocycles. The van der Waals surface area contributed by atoms with E-state index in [4.69, 9.17) is 9.63 Å². The van der Waals surface area contributed by atoms with Gasteiger partial charge in [-0.25, -0.2) is 4.79 Å². The normalized spacial score (nSPS) is 10.4. The Morgan fingerprint density at radius 1 is 1.04 bits per heavy atom. The van der Waals surface area contributed by atoms with Gasteiger partial charge in [0.2, 0.25) is 0 Å². The maximum absolute atomic E-state index is 10.8. The van der Waals surface area contributed by atoms with Crippen LogP contribution in [0.5, 0.6) is 0 Å². The Hall–Kier alpha value is -3.15. The summed E-state index contributed by atoms with van der Waals surface area (Å²) in [6.07, 6.45) is 0.331. The quantitative estimate of drug-likeness (QED) is 0.751. The molecule has 0 radical (unpaired) electrons. The van der Waals surface area contributed by atoms with Gasteiger partial charge in [0.1, 0.15) is 0 Å². The minimum Gasteiger partial charge on any atom is -0.465 e. The van der Waals surface area contributed by atoms with Gasteiger partial charge < -0.3 is 9.63 Å². The number of hydrogen-bond acceptors (Lipinski definition) is 4. The van der Waals surface area contributed by atoms with Crippen molar-refractivity contribution in [3.8, 4) is 11.5 Å². The van der Waals surface area contributed by atoms with Crippen molar-refractivity contribution >= 4 is 11.8 Å². The molecule has 6 heteroatoms. The van der Waals surface area contributed by atoms with Crippen LogP contribution in [0.25, 0.3) is 11.5 Å². The number of hydrogen-bond donors (Lipinski definition) is 2. The summed E-state index contributed by atoms with van der Waals surface area (Å²) in [4.78, 5) is 15.2. The van der Waals surface area contributed by atoms with Crippen molar-refractivity contribution in [1.29, 1.82) is 0 Å². The summed E-state index contributed by atoms with van der Waals surface area (Å²) in [7, 11) is 0. The van der Waals surface area contributed by atoms with E-state index in [2.05, 4.69) is 15.5 Å². The van der Waals surface area contributed by atoms with E-state index in [0.29, 0.717) is 29.4 Å². The van der Waals surface area contributed by atoms with E-state index in [1.807, 2.05) is 30.3 Å². The lowest BCUT2D eigenvalue weighted by Gasteiger charge is -2.04. The number of benzene rings is 2. The number of rotatable bonds is 5. The molecule has 1 amide bonds. The Kier molecular flexibility index (Phi) is 4.33. The number of nitrogens with one attached hydrogen (secondary N) is 1.